The average Bonchev–Trinajstić information content (AvgIpc) is 3.59. The van der Waals surface area contributed by atoms with Crippen molar-refractivity contribution in [3.63, 3.8) is 0 Å². The fourth-order valence-electron chi connectivity index (χ4n) is 4.02. The quantitative estimate of drug-likeness (QED) is 0.279. The lowest BCUT2D eigenvalue weighted by molar-refractivity contribution is -0.350. The second kappa shape index (κ2) is 11.6. The number of halogens is 8. The summed E-state index contributed by atoms with van der Waals surface area (Å²) in [4.78, 5) is 30.1. The Morgan fingerprint density at radius 2 is 1.75 bits per heavy atom. The van der Waals surface area contributed by atoms with Gasteiger partial charge in [0.25, 0.3) is 11.8 Å². The summed E-state index contributed by atoms with van der Waals surface area (Å²) in [5.41, 5.74) is -7.89. The number of pyridine rings is 1. The monoisotopic (exact) mass is 643 g/mol. The van der Waals surface area contributed by atoms with E-state index in [1.807, 2.05) is 6.07 Å². The molecule has 0 saturated heterocycles. The molecule has 2 N–H and O–H groups in total. The average molecular weight is 644 g/mol. The van der Waals surface area contributed by atoms with E-state index in [1.165, 1.54) is 44.4 Å². The van der Waals surface area contributed by atoms with Crippen LogP contribution in [-0.4, -0.2) is 61.0 Å². The maximum Gasteiger partial charge on any atom is 0.437 e. The molecule has 3 heterocycles. The summed E-state index contributed by atoms with van der Waals surface area (Å²) in [6, 6.07) is 8.52. The molecule has 0 unspecified atom stereocenters. The van der Waals surface area contributed by atoms with E-state index in [9.17, 15) is 45.6 Å². The highest BCUT2D eigenvalue weighted by Crippen LogP contribution is 2.52. The number of carbonyl (C=O) groups is 2. The number of nitriles is 1. The molecule has 0 fully saturated rings. The smallest absolute Gasteiger partial charge is 0.355 e. The molecule has 0 atom stereocenters. The van der Waals surface area contributed by atoms with Crippen molar-refractivity contribution >= 4 is 29.1 Å². The second-order valence-corrected chi connectivity index (χ2v) is 9.46. The van der Waals surface area contributed by atoms with Gasteiger partial charge in [0.05, 0.1) is 46.3 Å². The molecule has 3 aromatic heterocycles. The number of alkyl halides is 7. The maximum atomic E-state index is 14.4. The van der Waals surface area contributed by atoms with Gasteiger partial charge in [-0.1, -0.05) is 16.8 Å². The minimum absolute atomic E-state index is 0.00240. The fraction of sp³-hybridized carbons (Fsp3) is 0.240. The van der Waals surface area contributed by atoms with Gasteiger partial charge in [0.1, 0.15) is 11.4 Å². The molecule has 0 aliphatic rings. The van der Waals surface area contributed by atoms with Gasteiger partial charge in [-0.3, -0.25) is 9.59 Å². The lowest BCUT2D eigenvalue weighted by Gasteiger charge is -2.27. The highest BCUT2D eigenvalue weighted by atomic mass is 35.5. The maximum absolute atomic E-state index is 14.4. The topological polar surface area (TPSA) is 143 Å². The van der Waals surface area contributed by atoms with E-state index in [4.69, 9.17) is 11.6 Å². The first-order valence-electron chi connectivity index (χ1n) is 12.0. The van der Waals surface area contributed by atoms with Crippen LogP contribution in [0, 0.1) is 18.3 Å². The molecule has 11 nitrogen and oxygen atoms in total. The first-order chi connectivity index (χ1) is 20.5. The summed E-state index contributed by atoms with van der Waals surface area (Å²) >= 11 is 6.23. The predicted octanol–water partition coefficient (Wildman–Crippen LogP) is 4.64. The minimum atomic E-state index is -6.40. The van der Waals surface area contributed by atoms with E-state index in [-0.39, 0.29) is 45.2 Å². The van der Waals surface area contributed by atoms with Crippen LogP contribution in [0.3, 0.4) is 0 Å². The van der Waals surface area contributed by atoms with Crippen LogP contribution in [0.5, 0.6) is 0 Å². The third-order valence-electron chi connectivity index (χ3n) is 6.10. The van der Waals surface area contributed by atoms with Crippen LogP contribution >= 0.6 is 11.6 Å². The Kier molecular flexibility index (Phi) is 8.37. The number of anilines is 1. The summed E-state index contributed by atoms with van der Waals surface area (Å²) in [5, 5.41) is 24.3. The summed E-state index contributed by atoms with van der Waals surface area (Å²) in [7, 11) is 1.33. The van der Waals surface area contributed by atoms with Crippen LogP contribution in [0.2, 0.25) is 5.02 Å². The SMILES string of the molecule is CNC(=O)c1cc(C#N)cc(C)c1NC(=O)c1cc(Cn2cc(C(F)(C(F)(F)F)C(F)(F)F)nn2)nn1-c1ncccc1Cl. The van der Waals surface area contributed by atoms with Crippen molar-refractivity contribution in [1.29, 1.82) is 5.26 Å². The molecular formula is C25H17ClF7N9O2. The molecule has 2 amide bonds. The first-order valence-corrected chi connectivity index (χ1v) is 12.4. The number of amides is 2. The van der Waals surface area contributed by atoms with Gasteiger partial charge in [0.15, 0.2) is 5.82 Å². The van der Waals surface area contributed by atoms with Gasteiger partial charge >= 0.3 is 18.0 Å². The van der Waals surface area contributed by atoms with Crippen molar-refractivity contribution in [1.82, 2.24) is 35.1 Å². The number of rotatable bonds is 7. The summed E-state index contributed by atoms with van der Waals surface area (Å²) in [6.07, 6.45) is -11.4. The summed E-state index contributed by atoms with van der Waals surface area (Å²) in [5.74, 6) is -1.63. The Labute approximate surface area is 247 Å². The molecule has 0 aliphatic heterocycles. The van der Waals surface area contributed by atoms with E-state index in [0.29, 0.717) is 10.2 Å². The van der Waals surface area contributed by atoms with Crippen LogP contribution in [-0.2, 0) is 12.2 Å². The second-order valence-electron chi connectivity index (χ2n) is 9.06. The van der Waals surface area contributed by atoms with Gasteiger partial charge < -0.3 is 10.6 Å². The molecule has 4 rings (SSSR count). The molecule has 1 aromatic carbocycles. The molecule has 4 aromatic rings. The number of hydrogen-bond acceptors (Lipinski definition) is 7. The number of hydrogen-bond donors (Lipinski definition) is 2. The summed E-state index contributed by atoms with van der Waals surface area (Å²) in [6.45, 7) is 0.853. The Hall–Kier alpha value is -5.05. The number of benzene rings is 1. The minimum Gasteiger partial charge on any atom is -0.355 e. The van der Waals surface area contributed by atoms with Crippen LogP contribution < -0.4 is 10.6 Å². The molecule has 230 valence electrons. The van der Waals surface area contributed by atoms with Crippen LogP contribution in [0.15, 0.2) is 42.7 Å². The van der Waals surface area contributed by atoms with Gasteiger partial charge in [-0.25, -0.2) is 18.7 Å². The van der Waals surface area contributed by atoms with Gasteiger partial charge in [-0.2, -0.15) is 36.7 Å². The number of aryl methyl sites for hydroxylation is 1. The lowest BCUT2D eigenvalue weighted by Crippen LogP contribution is -2.50. The van der Waals surface area contributed by atoms with E-state index < -0.39 is 42.1 Å². The van der Waals surface area contributed by atoms with Gasteiger partial charge in [-0.05, 0) is 42.8 Å². The molecule has 0 spiro atoms. The first kappa shape index (κ1) is 31.9. The molecule has 0 radical (unpaired) electrons. The molecule has 0 bridgehead atoms. The number of aromatic nitrogens is 6. The normalized spacial score (nSPS) is 12.1. The fourth-order valence-corrected chi connectivity index (χ4v) is 4.23. The van der Waals surface area contributed by atoms with Gasteiger partial charge in [-0.15, -0.1) is 5.10 Å². The summed E-state index contributed by atoms with van der Waals surface area (Å²) < 4.78 is 94.7. The Bertz CT molecular complexity index is 1780. The Morgan fingerprint density at radius 3 is 2.34 bits per heavy atom. The zero-order chi connectivity index (χ0) is 32.6. The van der Waals surface area contributed by atoms with Crippen LogP contribution in [0.1, 0.15) is 43.4 Å². The largest absolute Gasteiger partial charge is 0.437 e. The lowest BCUT2D eigenvalue weighted by atomic mass is 10.0. The molecular weight excluding hydrogens is 627 g/mol. The van der Waals surface area contributed by atoms with Crippen molar-refractivity contribution in [3.05, 3.63) is 81.5 Å². The van der Waals surface area contributed by atoms with Gasteiger partial charge in [0.2, 0.25) is 0 Å². The zero-order valence-corrected chi connectivity index (χ0v) is 23.0. The van der Waals surface area contributed by atoms with Crippen molar-refractivity contribution in [2.24, 2.45) is 0 Å². The third-order valence-corrected chi connectivity index (χ3v) is 6.40. The standard InChI is InChI=1S/C25H17ClF7N9O2/c1-12-6-13(9-34)7-15(21(43)35-2)19(12)37-22(44)17-8-14(39-42(17)20-16(26)4-3-5-36-20)10-41-11-18(38-40-41)23(27,24(28,29)30)25(31,32)33/h3-8,11H,10H2,1-2H3,(H,35,43)(H,37,44). The van der Waals surface area contributed by atoms with Crippen molar-refractivity contribution in [2.45, 2.75) is 31.5 Å². The molecule has 44 heavy (non-hydrogen) atoms. The van der Waals surface area contributed by atoms with Crippen LogP contribution in [0.4, 0.5) is 36.4 Å². The Balaban J connectivity index is 1.77. The molecule has 0 aliphatic carbocycles. The van der Waals surface area contributed by atoms with Crippen LogP contribution in [0.25, 0.3) is 5.82 Å². The van der Waals surface area contributed by atoms with Gasteiger partial charge in [0, 0.05) is 13.2 Å². The predicted molar refractivity (Wildman–Crippen MR) is 138 cm³/mol. The number of nitrogens with one attached hydrogen (secondary N) is 2. The van der Waals surface area contributed by atoms with E-state index in [0.717, 1.165) is 10.7 Å². The van der Waals surface area contributed by atoms with E-state index >= 15 is 0 Å². The molecule has 0 saturated carbocycles. The number of nitrogens with zero attached hydrogens (tertiary/aromatic N) is 7. The number of carbonyl (C=O) groups excluding carboxylic acids is 2. The van der Waals surface area contributed by atoms with Crippen molar-refractivity contribution < 1.29 is 40.3 Å². The third kappa shape index (κ3) is 5.77. The van der Waals surface area contributed by atoms with E-state index in [1.54, 1.807) is 0 Å². The Morgan fingerprint density at radius 1 is 1.07 bits per heavy atom. The van der Waals surface area contributed by atoms with E-state index in [2.05, 4.69) is 31.0 Å². The highest BCUT2D eigenvalue weighted by Gasteiger charge is 2.75. The van der Waals surface area contributed by atoms with Crippen molar-refractivity contribution in [3.8, 4) is 11.9 Å². The zero-order valence-electron chi connectivity index (χ0n) is 22.2. The van der Waals surface area contributed by atoms with Crippen molar-refractivity contribution in [2.75, 3.05) is 12.4 Å². The molecule has 19 heteroatoms. The highest BCUT2D eigenvalue weighted by molar-refractivity contribution is 6.32.